The van der Waals surface area contributed by atoms with E-state index in [9.17, 15) is 4.79 Å². The molecule has 1 saturated heterocycles. The van der Waals surface area contributed by atoms with Crippen LogP contribution >= 0.6 is 0 Å². The van der Waals surface area contributed by atoms with Crippen molar-refractivity contribution in [2.45, 2.75) is 44.3 Å². The molecule has 1 aliphatic heterocycles. The Morgan fingerprint density at radius 2 is 2.04 bits per heavy atom. The lowest BCUT2D eigenvalue weighted by Gasteiger charge is -2.26. The van der Waals surface area contributed by atoms with Gasteiger partial charge in [-0.2, -0.15) is 5.10 Å². The molecule has 0 spiro atoms. The highest BCUT2D eigenvalue weighted by atomic mass is 16.2. The molecular weight excluding hydrogens is 312 g/mol. The van der Waals surface area contributed by atoms with Gasteiger partial charge in [0.15, 0.2) is 0 Å². The quantitative estimate of drug-likeness (QED) is 0.844. The van der Waals surface area contributed by atoms with Crippen LogP contribution < -0.4 is 5.32 Å². The molecule has 2 atom stereocenters. The number of carbonyl (C=O) groups excluding carboxylic acids is 1. The first-order valence-electron chi connectivity index (χ1n) is 9.35. The molecule has 1 aromatic heterocycles. The van der Waals surface area contributed by atoms with E-state index in [1.165, 1.54) is 18.4 Å². The van der Waals surface area contributed by atoms with Crippen molar-refractivity contribution < 1.29 is 4.79 Å². The lowest BCUT2D eigenvalue weighted by molar-refractivity contribution is -0.123. The highest BCUT2D eigenvalue weighted by molar-refractivity contribution is 5.78. The SMILES string of the molecule is O=C(CN1CCC[C@H]1Cn1cccn1)N[C@@H](c1ccccc1)C1CC1. The van der Waals surface area contributed by atoms with Gasteiger partial charge in [-0.25, -0.2) is 0 Å². The van der Waals surface area contributed by atoms with Crippen LogP contribution in [0.3, 0.4) is 0 Å². The van der Waals surface area contributed by atoms with E-state index in [0.29, 0.717) is 18.5 Å². The van der Waals surface area contributed by atoms with Gasteiger partial charge < -0.3 is 5.32 Å². The molecule has 5 heteroatoms. The minimum Gasteiger partial charge on any atom is -0.348 e. The highest BCUT2D eigenvalue weighted by Crippen LogP contribution is 2.40. The van der Waals surface area contributed by atoms with Gasteiger partial charge in [0.05, 0.1) is 19.1 Å². The second kappa shape index (κ2) is 7.40. The summed E-state index contributed by atoms with van der Waals surface area (Å²) in [6, 6.07) is 12.9. The van der Waals surface area contributed by atoms with Crippen LogP contribution in [0, 0.1) is 5.92 Å². The molecule has 0 radical (unpaired) electrons. The summed E-state index contributed by atoms with van der Waals surface area (Å²) in [5.41, 5.74) is 1.23. The molecule has 1 aromatic carbocycles. The zero-order chi connectivity index (χ0) is 17.1. The van der Waals surface area contributed by atoms with Crippen molar-refractivity contribution in [2.24, 2.45) is 5.92 Å². The average Bonchev–Trinajstić information content (AvgIpc) is 3.17. The molecule has 2 aromatic rings. The molecule has 1 N–H and O–H groups in total. The Balaban J connectivity index is 1.36. The zero-order valence-corrected chi connectivity index (χ0v) is 14.6. The standard InChI is InChI=1S/C20H26N4O/c25-19(22-20(17-9-10-17)16-6-2-1-3-7-16)15-23-12-4-8-18(23)14-24-13-5-11-21-24/h1-3,5-7,11,13,17-18,20H,4,8-10,12,14-15H2,(H,22,25)/t18-,20-/m0/s1. The number of likely N-dealkylation sites (tertiary alicyclic amines) is 1. The van der Waals surface area contributed by atoms with Gasteiger partial charge in [-0.15, -0.1) is 0 Å². The summed E-state index contributed by atoms with van der Waals surface area (Å²) in [7, 11) is 0. The lowest BCUT2D eigenvalue weighted by atomic mass is 10.0. The predicted octanol–water partition coefficient (Wildman–Crippen LogP) is 2.62. The summed E-state index contributed by atoms with van der Waals surface area (Å²) in [6.07, 6.45) is 8.53. The number of amides is 1. The molecule has 132 valence electrons. The Kier molecular flexibility index (Phi) is 4.83. The van der Waals surface area contributed by atoms with E-state index in [-0.39, 0.29) is 11.9 Å². The monoisotopic (exact) mass is 338 g/mol. The summed E-state index contributed by atoms with van der Waals surface area (Å²) < 4.78 is 1.97. The van der Waals surface area contributed by atoms with Crippen LogP contribution in [-0.2, 0) is 11.3 Å². The first kappa shape index (κ1) is 16.3. The molecule has 1 aliphatic carbocycles. The van der Waals surface area contributed by atoms with E-state index < -0.39 is 0 Å². The Hall–Kier alpha value is -2.14. The van der Waals surface area contributed by atoms with Gasteiger partial charge >= 0.3 is 0 Å². The maximum Gasteiger partial charge on any atom is 0.234 e. The fourth-order valence-electron chi connectivity index (χ4n) is 3.90. The molecule has 0 bridgehead atoms. The van der Waals surface area contributed by atoms with Crippen LogP contribution in [0.5, 0.6) is 0 Å². The maximum absolute atomic E-state index is 12.7. The molecule has 4 rings (SSSR count). The van der Waals surface area contributed by atoms with Gasteiger partial charge in [-0.05, 0) is 49.8 Å². The van der Waals surface area contributed by atoms with Gasteiger partial charge in [0.2, 0.25) is 5.91 Å². The Labute approximate surface area is 149 Å². The summed E-state index contributed by atoms with van der Waals surface area (Å²) in [6.45, 7) is 2.35. The number of benzene rings is 1. The largest absolute Gasteiger partial charge is 0.348 e. The van der Waals surface area contributed by atoms with Crippen LogP contribution in [0.1, 0.15) is 37.3 Å². The third-order valence-electron chi connectivity index (χ3n) is 5.37. The van der Waals surface area contributed by atoms with Crippen molar-refractivity contribution in [3.05, 3.63) is 54.4 Å². The number of nitrogens with one attached hydrogen (secondary N) is 1. The van der Waals surface area contributed by atoms with Crippen LogP contribution in [0.4, 0.5) is 0 Å². The fourth-order valence-corrected chi connectivity index (χ4v) is 3.90. The summed E-state index contributed by atoms with van der Waals surface area (Å²) in [4.78, 5) is 15.0. The van der Waals surface area contributed by atoms with Crippen molar-refractivity contribution in [3.8, 4) is 0 Å². The van der Waals surface area contributed by atoms with E-state index in [1.54, 1.807) is 0 Å². The number of aromatic nitrogens is 2. The van der Waals surface area contributed by atoms with E-state index in [0.717, 1.165) is 25.9 Å². The van der Waals surface area contributed by atoms with Crippen molar-refractivity contribution >= 4 is 5.91 Å². The molecule has 1 saturated carbocycles. The topological polar surface area (TPSA) is 50.2 Å². The van der Waals surface area contributed by atoms with Crippen LogP contribution in [0.25, 0.3) is 0 Å². The fraction of sp³-hybridized carbons (Fsp3) is 0.500. The third kappa shape index (κ3) is 4.10. The third-order valence-corrected chi connectivity index (χ3v) is 5.37. The number of carbonyl (C=O) groups is 1. The summed E-state index contributed by atoms with van der Waals surface area (Å²) in [5.74, 6) is 0.748. The van der Waals surface area contributed by atoms with E-state index in [2.05, 4.69) is 39.6 Å². The van der Waals surface area contributed by atoms with Gasteiger partial charge in [0, 0.05) is 18.4 Å². The van der Waals surface area contributed by atoms with Gasteiger partial charge in [-0.3, -0.25) is 14.4 Å². The average molecular weight is 338 g/mol. The summed E-state index contributed by atoms with van der Waals surface area (Å²) >= 11 is 0. The van der Waals surface area contributed by atoms with Crippen LogP contribution in [0.2, 0.25) is 0 Å². The van der Waals surface area contributed by atoms with Gasteiger partial charge in [-0.1, -0.05) is 30.3 Å². The second-order valence-corrected chi connectivity index (χ2v) is 7.29. The lowest BCUT2D eigenvalue weighted by Crippen LogP contribution is -2.42. The Bertz CT molecular complexity index is 681. The van der Waals surface area contributed by atoms with Gasteiger partial charge in [0.1, 0.15) is 0 Å². The van der Waals surface area contributed by atoms with Crippen LogP contribution in [-0.4, -0.2) is 39.7 Å². The van der Waals surface area contributed by atoms with Crippen molar-refractivity contribution in [3.63, 3.8) is 0 Å². The molecule has 2 aliphatic rings. The highest BCUT2D eigenvalue weighted by Gasteiger charge is 2.34. The molecule has 0 unspecified atom stereocenters. The molecular formula is C20H26N4O. The van der Waals surface area contributed by atoms with Gasteiger partial charge in [0.25, 0.3) is 0 Å². The molecule has 2 fully saturated rings. The maximum atomic E-state index is 12.7. The summed E-state index contributed by atoms with van der Waals surface area (Å²) in [5, 5.41) is 7.60. The number of rotatable bonds is 7. The minimum absolute atomic E-state index is 0.146. The number of nitrogens with zero attached hydrogens (tertiary/aromatic N) is 3. The normalized spacial score (nSPS) is 22.0. The minimum atomic E-state index is 0.146. The zero-order valence-electron chi connectivity index (χ0n) is 14.6. The Morgan fingerprint density at radius 3 is 2.76 bits per heavy atom. The van der Waals surface area contributed by atoms with Crippen molar-refractivity contribution in [1.82, 2.24) is 20.0 Å². The Morgan fingerprint density at radius 1 is 1.20 bits per heavy atom. The predicted molar refractivity (Wildman–Crippen MR) is 96.9 cm³/mol. The molecule has 1 amide bonds. The first-order chi connectivity index (χ1) is 12.3. The van der Waals surface area contributed by atoms with E-state index in [4.69, 9.17) is 0 Å². The molecule has 5 nitrogen and oxygen atoms in total. The molecule has 25 heavy (non-hydrogen) atoms. The van der Waals surface area contributed by atoms with Crippen molar-refractivity contribution in [1.29, 1.82) is 0 Å². The van der Waals surface area contributed by atoms with E-state index >= 15 is 0 Å². The first-order valence-corrected chi connectivity index (χ1v) is 9.35. The van der Waals surface area contributed by atoms with Crippen molar-refractivity contribution in [2.75, 3.05) is 13.1 Å². The number of hydrogen-bond donors (Lipinski definition) is 1. The van der Waals surface area contributed by atoms with Crippen LogP contribution in [0.15, 0.2) is 48.8 Å². The van der Waals surface area contributed by atoms with E-state index in [1.807, 2.05) is 29.2 Å². The number of hydrogen-bond acceptors (Lipinski definition) is 3. The second-order valence-electron chi connectivity index (χ2n) is 7.29. The smallest absolute Gasteiger partial charge is 0.234 e. The molecule has 2 heterocycles.